The topological polar surface area (TPSA) is 20.2 Å². The van der Waals surface area contributed by atoms with Gasteiger partial charge < -0.3 is 5.11 Å². The zero-order valence-electron chi connectivity index (χ0n) is 13.8. The van der Waals surface area contributed by atoms with Crippen LogP contribution in [0.4, 0.5) is 8.78 Å². The number of phenols is 1. The molecule has 0 radical (unpaired) electrons. The lowest BCUT2D eigenvalue weighted by Gasteiger charge is -2.11. The highest BCUT2D eigenvalue weighted by atomic mass is 19.2. The average Bonchev–Trinajstić information content (AvgIpc) is 2.54. The van der Waals surface area contributed by atoms with E-state index in [0.717, 1.165) is 16.5 Å². The van der Waals surface area contributed by atoms with Gasteiger partial charge in [-0.3, -0.25) is 0 Å². The minimum absolute atomic E-state index is 0.0269. The molecule has 0 amide bonds. The molecular weight excluding hydrogens is 270 g/mol. The van der Waals surface area contributed by atoms with Crippen LogP contribution in [0.25, 0.3) is 10.8 Å². The van der Waals surface area contributed by atoms with Gasteiger partial charge in [0.25, 0.3) is 0 Å². The van der Waals surface area contributed by atoms with Crippen LogP contribution >= 0.6 is 0 Å². The van der Waals surface area contributed by atoms with Crippen LogP contribution in [-0.4, -0.2) is 5.11 Å². The van der Waals surface area contributed by atoms with Crippen molar-refractivity contribution < 1.29 is 13.9 Å². The molecule has 0 bridgehead atoms. The molecule has 1 nitrogen and oxygen atoms in total. The summed E-state index contributed by atoms with van der Waals surface area (Å²) in [5.74, 6) is -1.77. The fourth-order valence-corrected chi connectivity index (χ4v) is 2.21. The Morgan fingerprint density at radius 3 is 1.81 bits per heavy atom. The molecule has 0 saturated heterocycles. The predicted molar refractivity (Wildman–Crippen MR) is 87.0 cm³/mol. The van der Waals surface area contributed by atoms with E-state index in [4.69, 9.17) is 0 Å². The molecule has 2 aromatic rings. The summed E-state index contributed by atoms with van der Waals surface area (Å²) >= 11 is 0. The fraction of sp³-hybridized carbons (Fsp3) is 0.444. The quantitative estimate of drug-likeness (QED) is 0.720. The normalized spacial score (nSPS) is 9.52. The summed E-state index contributed by atoms with van der Waals surface area (Å²) in [5.41, 5.74) is 1.62. The van der Waals surface area contributed by atoms with E-state index < -0.39 is 11.6 Å². The molecule has 0 aromatic heterocycles. The van der Waals surface area contributed by atoms with Gasteiger partial charge in [0.2, 0.25) is 0 Å². The van der Waals surface area contributed by atoms with E-state index in [9.17, 15) is 13.9 Å². The van der Waals surface area contributed by atoms with E-state index >= 15 is 0 Å². The number of benzene rings is 2. The number of hydrogen-bond donors (Lipinski definition) is 1. The minimum atomic E-state index is -0.886. The summed E-state index contributed by atoms with van der Waals surface area (Å²) in [4.78, 5) is 0. The molecule has 1 N–H and O–H groups in total. The van der Waals surface area contributed by atoms with Crippen molar-refractivity contribution in [2.45, 2.75) is 54.4 Å². The maximum Gasteiger partial charge on any atom is 0.166 e. The molecule has 21 heavy (non-hydrogen) atoms. The molecule has 0 aliphatic carbocycles. The lowest BCUT2D eigenvalue weighted by atomic mass is 9.95. The van der Waals surface area contributed by atoms with Crippen LogP contribution in [0, 0.1) is 11.6 Å². The molecule has 2 aromatic carbocycles. The zero-order valence-corrected chi connectivity index (χ0v) is 13.8. The summed E-state index contributed by atoms with van der Waals surface area (Å²) in [6, 6.07) is 4.14. The van der Waals surface area contributed by atoms with Crippen LogP contribution in [0.5, 0.6) is 5.75 Å². The lowest BCUT2D eigenvalue weighted by Crippen LogP contribution is -1.96. The Hall–Kier alpha value is -1.64. The number of rotatable bonds is 2. The summed E-state index contributed by atoms with van der Waals surface area (Å²) in [5, 5.41) is 10.4. The molecular formula is C18H26F2O. The van der Waals surface area contributed by atoms with Gasteiger partial charge in [-0.05, 0) is 47.6 Å². The smallest absolute Gasteiger partial charge is 0.166 e. The second-order valence-electron chi connectivity index (χ2n) is 4.07. The van der Waals surface area contributed by atoms with Gasteiger partial charge in [-0.1, -0.05) is 41.5 Å². The third-order valence-electron chi connectivity index (χ3n) is 3.03. The van der Waals surface area contributed by atoms with Crippen molar-refractivity contribution >= 4 is 10.8 Å². The Morgan fingerprint density at radius 1 is 0.857 bits per heavy atom. The number of halogens is 2. The first-order chi connectivity index (χ1) is 10.1. The molecule has 0 aliphatic heterocycles. The van der Waals surface area contributed by atoms with E-state index in [0.29, 0.717) is 12.8 Å². The molecule has 0 spiro atoms. The fourth-order valence-electron chi connectivity index (χ4n) is 2.21. The van der Waals surface area contributed by atoms with Crippen LogP contribution in [0.2, 0.25) is 0 Å². The Kier molecular flexibility index (Phi) is 8.60. The van der Waals surface area contributed by atoms with Crippen LogP contribution in [-0.2, 0) is 12.8 Å². The SMILES string of the molecule is CC.CC.CCc1cc(O)cc2c(F)c(F)cc(CC)c12. The highest BCUT2D eigenvalue weighted by Crippen LogP contribution is 2.31. The van der Waals surface area contributed by atoms with Crippen molar-refractivity contribution in [1.29, 1.82) is 0 Å². The second kappa shape index (κ2) is 9.32. The average molecular weight is 296 g/mol. The Morgan fingerprint density at radius 2 is 1.33 bits per heavy atom. The van der Waals surface area contributed by atoms with E-state index in [-0.39, 0.29) is 11.1 Å². The van der Waals surface area contributed by atoms with Gasteiger partial charge >= 0.3 is 0 Å². The summed E-state index contributed by atoms with van der Waals surface area (Å²) in [6.07, 6.45) is 1.30. The van der Waals surface area contributed by atoms with Crippen LogP contribution < -0.4 is 0 Å². The summed E-state index contributed by atoms with van der Waals surface area (Å²) in [6.45, 7) is 11.8. The Labute approximate surface area is 126 Å². The maximum absolute atomic E-state index is 13.7. The van der Waals surface area contributed by atoms with Crippen LogP contribution in [0.15, 0.2) is 18.2 Å². The van der Waals surface area contributed by atoms with Gasteiger partial charge in [0.05, 0.1) is 0 Å². The van der Waals surface area contributed by atoms with E-state index in [1.807, 2.05) is 41.5 Å². The first kappa shape index (κ1) is 19.4. The second-order valence-corrected chi connectivity index (χ2v) is 4.07. The molecule has 0 aliphatic rings. The van der Waals surface area contributed by atoms with Gasteiger partial charge in [-0.15, -0.1) is 0 Å². The van der Waals surface area contributed by atoms with Crippen LogP contribution in [0.3, 0.4) is 0 Å². The van der Waals surface area contributed by atoms with Gasteiger partial charge in [0, 0.05) is 5.39 Å². The monoisotopic (exact) mass is 296 g/mol. The van der Waals surface area contributed by atoms with Crippen molar-refractivity contribution in [3.63, 3.8) is 0 Å². The largest absolute Gasteiger partial charge is 0.508 e. The lowest BCUT2D eigenvalue weighted by molar-refractivity contribution is 0.474. The zero-order chi connectivity index (χ0) is 16.6. The maximum atomic E-state index is 13.7. The number of aryl methyl sites for hydroxylation is 2. The summed E-state index contributed by atoms with van der Waals surface area (Å²) in [7, 11) is 0. The molecule has 0 fully saturated rings. The van der Waals surface area contributed by atoms with E-state index in [2.05, 4.69) is 0 Å². The highest BCUT2D eigenvalue weighted by molar-refractivity contribution is 5.90. The first-order valence-electron chi connectivity index (χ1n) is 7.70. The standard InChI is InChI=1S/C14H14F2O.2C2H6/c1-3-8-5-10(17)7-11-13(8)9(4-2)6-12(15)14(11)16;2*1-2/h5-7,17H,3-4H2,1-2H3;2*1-2H3. The molecule has 3 heteroatoms. The molecule has 0 saturated carbocycles. The van der Waals surface area contributed by atoms with Gasteiger partial charge in [0.1, 0.15) is 5.75 Å². The minimum Gasteiger partial charge on any atom is -0.508 e. The van der Waals surface area contributed by atoms with Gasteiger partial charge in [-0.25, -0.2) is 8.78 Å². The van der Waals surface area contributed by atoms with Gasteiger partial charge in [-0.2, -0.15) is 0 Å². The molecule has 0 unspecified atom stereocenters. The van der Waals surface area contributed by atoms with E-state index in [1.54, 1.807) is 6.07 Å². The van der Waals surface area contributed by atoms with Gasteiger partial charge in [0.15, 0.2) is 11.6 Å². The van der Waals surface area contributed by atoms with Crippen molar-refractivity contribution in [1.82, 2.24) is 0 Å². The Balaban J connectivity index is 0.000000921. The molecule has 0 heterocycles. The van der Waals surface area contributed by atoms with Crippen molar-refractivity contribution in [3.05, 3.63) is 41.0 Å². The van der Waals surface area contributed by atoms with Crippen molar-refractivity contribution in [2.24, 2.45) is 0 Å². The molecule has 0 atom stereocenters. The highest BCUT2D eigenvalue weighted by Gasteiger charge is 2.14. The van der Waals surface area contributed by atoms with Crippen LogP contribution in [0.1, 0.15) is 52.7 Å². The number of fused-ring (bicyclic) bond motifs is 1. The Bertz CT molecular complexity index is 567. The predicted octanol–water partition coefficient (Wildman–Crippen LogP) is 6.00. The third-order valence-corrected chi connectivity index (χ3v) is 3.03. The van der Waals surface area contributed by atoms with E-state index in [1.165, 1.54) is 12.1 Å². The molecule has 2 rings (SSSR count). The molecule has 118 valence electrons. The number of phenolic OH excluding ortho intramolecular Hbond substituents is 1. The van der Waals surface area contributed by atoms with Crippen molar-refractivity contribution in [2.75, 3.05) is 0 Å². The van der Waals surface area contributed by atoms with Crippen molar-refractivity contribution in [3.8, 4) is 5.75 Å². The summed E-state index contributed by atoms with van der Waals surface area (Å²) < 4.78 is 27.1. The first-order valence-corrected chi connectivity index (χ1v) is 7.70. The number of aromatic hydroxyl groups is 1. The third kappa shape index (κ3) is 4.16. The number of hydrogen-bond acceptors (Lipinski definition) is 1.